The molecule has 0 spiro atoms. The van der Waals surface area contributed by atoms with E-state index in [-0.39, 0.29) is 49.3 Å². The molecule has 0 radical (unpaired) electrons. The molecule has 1 unspecified atom stereocenters. The molecule has 3 rings (SSSR count). The first-order valence-corrected chi connectivity index (χ1v) is 10.6. The summed E-state index contributed by atoms with van der Waals surface area (Å²) in [5.74, 6) is -5.21. The van der Waals surface area contributed by atoms with Crippen LogP contribution in [0.1, 0.15) is 23.6 Å². The molecule has 1 aliphatic rings. The Kier molecular flexibility index (Phi) is 9.75. The lowest BCUT2D eigenvalue weighted by Gasteiger charge is -2.30. The van der Waals surface area contributed by atoms with Crippen molar-refractivity contribution in [3.63, 3.8) is 0 Å². The highest BCUT2D eigenvalue weighted by Crippen LogP contribution is 2.29. The number of aromatic nitrogens is 3. The van der Waals surface area contributed by atoms with Gasteiger partial charge < -0.3 is 35.4 Å². The molecule has 2 aromatic rings. The Balaban J connectivity index is 0.000000873. The zero-order chi connectivity index (χ0) is 25.1. The Morgan fingerprint density at radius 3 is 2.21 bits per heavy atom. The molecule has 1 aromatic carbocycles. The second-order valence-corrected chi connectivity index (χ2v) is 7.89. The summed E-state index contributed by atoms with van der Waals surface area (Å²) in [6.45, 7) is -0.372. The Hall–Kier alpha value is -2.56. The summed E-state index contributed by atoms with van der Waals surface area (Å²) in [7, 11) is -4.64. The van der Waals surface area contributed by atoms with Gasteiger partial charge in [0, 0.05) is 19.2 Å². The van der Waals surface area contributed by atoms with Gasteiger partial charge in [-0.3, -0.25) is 4.79 Å². The highest BCUT2D eigenvalue weighted by Gasteiger charge is 2.40. The predicted octanol–water partition coefficient (Wildman–Crippen LogP) is 0.263. The van der Waals surface area contributed by atoms with E-state index in [0.717, 1.165) is 4.57 Å². The van der Waals surface area contributed by atoms with E-state index in [0.29, 0.717) is 12.1 Å². The van der Waals surface area contributed by atoms with Gasteiger partial charge in [-0.1, -0.05) is 0 Å². The van der Waals surface area contributed by atoms with Crippen LogP contribution in [-0.2, 0) is 35.0 Å². The molecule has 1 amide bonds. The monoisotopic (exact) mass is 523 g/mol. The minimum atomic E-state index is -4.65. The third kappa shape index (κ3) is 8.03. The Labute approximate surface area is 187 Å². The lowest BCUT2D eigenvalue weighted by atomic mass is 10.0. The van der Waals surface area contributed by atoms with Gasteiger partial charge >= 0.3 is 14.0 Å². The number of rotatable bonds is 4. The fourth-order valence-corrected chi connectivity index (χ4v) is 2.98. The molecule has 2 heterocycles. The molecule has 7 N–H and O–H groups in total. The Morgan fingerprint density at radius 1 is 1.09 bits per heavy atom. The molecule has 1 atom stereocenters. The maximum absolute atomic E-state index is 13.6. The first kappa shape index (κ1) is 29.5. The second kappa shape index (κ2) is 11.2. The summed E-state index contributed by atoms with van der Waals surface area (Å²) in [6, 6.07) is 0.0153. The summed E-state index contributed by atoms with van der Waals surface area (Å²) in [5, 5.41) is 6.59. The van der Waals surface area contributed by atoms with Crippen molar-refractivity contribution in [3.8, 4) is 0 Å². The largest absolute Gasteiger partial charge is 0.466 e. The molecule has 1 aromatic heterocycles. The van der Waals surface area contributed by atoms with Crippen LogP contribution in [0, 0.1) is 17.5 Å². The number of alkyl halides is 3. The molecule has 18 heteroatoms. The minimum Gasteiger partial charge on any atom is -0.412 e. The zero-order valence-electron chi connectivity index (χ0n) is 17.0. The first-order chi connectivity index (χ1) is 15.1. The van der Waals surface area contributed by atoms with Crippen molar-refractivity contribution in [3.05, 3.63) is 46.8 Å². The lowest BCUT2D eigenvalue weighted by Crippen LogP contribution is -2.47. The molecule has 1 aliphatic heterocycles. The van der Waals surface area contributed by atoms with Crippen LogP contribution in [0.25, 0.3) is 0 Å². The van der Waals surface area contributed by atoms with Gasteiger partial charge in [0.15, 0.2) is 17.5 Å². The van der Waals surface area contributed by atoms with Gasteiger partial charge in [0.25, 0.3) is 0 Å². The second-order valence-electron chi connectivity index (χ2n) is 6.87. The highest BCUT2D eigenvalue weighted by atomic mass is 31.2. The summed E-state index contributed by atoms with van der Waals surface area (Å²) < 4.78 is 88.1. The predicted molar refractivity (Wildman–Crippen MR) is 101 cm³/mol. The quantitative estimate of drug-likeness (QED) is 0.250. The maximum atomic E-state index is 13.6. The molecular formula is C16H20F6N5O6P. The summed E-state index contributed by atoms with van der Waals surface area (Å²) in [5.41, 5.74) is 5.67. The number of phosphoric acid groups is 1. The molecular weight excluding hydrogens is 503 g/mol. The van der Waals surface area contributed by atoms with E-state index in [2.05, 4.69) is 10.2 Å². The first-order valence-electron chi connectivity index (χ1n) is 9.03. The molecule has 0 saturated heterocycles. The third-order valence-corrected chi connectivity index (χ3v) is 4.45. The van der Waals surface area contributed by atoms with Crippen molar-refractivity contribution < 1.29 is 55.9 Å². The van der Waals surface area contributed by atoms with Gasteiger partial charge in [-0.25, -0.2) is 17.7 Å². The van der Waals surface area contributed by atoms with Crippen LogP contribution in [0.3, 0.4) is 0 Å². The number of fused-ring (bicyclic) bond motifs is 1. The zero-order valence-corrected chi connectivity index (χ0v) is 17.9. The SMILES string of the molecule is NC(CCc1cc(F)c(F)cc1F)C(=O)N1CCn2c(nnc2C(F)(F)F)C1.O.O=P(O)(O)O. The standard InChI is InChI=1S/C16H15F6N5O.H3O4P.H2O/c17-9-6-11(19)10(18)5-8(9)1-2-12(23)14(28)26-3-4-27-13(7-26)24-25-15(27)16(20,21)22;1-5(2,3)4;/h5-6,12H,1-4,7,23H2;(H3,1,2,3,4);1H2. The molecule has 0 fully saturated rings. The average molecular weight is 523 g/mol. The summed E-state index contributed by atoms with van der Waals surface area (Å²) in [4.78, 5) is 35.2. The van der Waals surface area contributed by atoms with E-state index in [1.165, 1.54) is 4.90 Å². The number of hydrogen-bond donors (Lipinski definition) is 4. The van der Waals surface area contributed by atoms with Crippen molar-refractivity contribution in [1.82, 2.24) is 19.7 Å². The summed E-state index contributed by atoms with van der Waals surface area (Å²) >= 11 is 0. The van der Waals surface area contributed by atoms with Crippen molar-refractivity contribution in [2.75, 3.05) is 6.54 Å². The number of halogens is 6. The van der Waals surface area contributed by atoms with E-state index >= 15 is 0 Å². The normalized spacial score (nSPS) is 14.5. The Bertz CT molecular complexity index is 1050. The van der Waals surface area contributed by atoms with Crippen molar-refractivity contribution >= 4 is 13.7 Å². The minimum absolute atomic E-state index is 0. The van der Waals surface area contributed by atoms with E-state index < -0.39 is 49.2 Å². The van der Waals surface area contributed by atoms with Crippen LogP contribution in [0.5, 0.6) is 0 Å². The molecule has 34 heavy (non-hydrogen) atoms. The third-order valence-electron chi connectivity index (χ3n) is 4.45. The van der Waals surface area contributed by atoms with Crippen LogP contribution in [0.2, 0.25) is 0 Å². The topological polar surface area (TPSA) is 186 Å². The number of carbonyl (C=O) groups is 1. The number of carbonyl (C=O) groups excluding carboxylic acids is 1. The smallest absolute Gasteiger partial charge is 0.412 e. The van der Waals surface area contributed by atoms with Crippen LogP contribution in [-0.4, -0.2) is 58.3 Å². The van der Waals surface area contributed by atoms with Crippen molar-refractivity contribution in [2.45, 2.75) is 38.1 Å². The molecule has 192 valence electrons. The molecule has 0 aliphatic carbocycles. The number of nitrogens with two attached hydrogens (primary N) is 1. The van der Waals surface area contributed by atoms with E-state index in [1.807, 2.05) is 0 Å². The number of hydrogen-bond acceptors (Lipinski definition) is 5. The highest BCUT2D eigenvalue weighted by molar-refractivity contribution is 7.45. The molecule has 11 nitrogen and oxygen atoms in total. The molecule has 0 saturated carbocycles. The van der Waals surface area contributed by atoms with Gasteiger partial charge in [-0.15, -0.1) is 10.2 Å². The number of benzene rings is 1. The number of aryl methyl sites for hydroxylation is 1. The van der Waals surface area contributed by atoms with Crippen LogP contribution < -0.4 is 5.73 Å². The maximum Gasteiger partial charge on any atom is 0.466 e. The van der Waals surface area contributed by atoms with Crippen molar-refractivity contribution in [1.29, 1.82) is 0 Å². The van der Waals surface area contributed by atoms with Crippen LogP contribution >= 0.6 is 7.82 Å². The van der Waals surface area contributed by atoms with Crippen molar-refractivity contribution in [2.24, 2.45) is 5.73 Å². The van der Waals surface area contributed by atoms with Crippen LogP contribution in [0.4, 0.5) is 26.3 Å². The van der Waals surface area contributed by atoms with E-state index in [1.54, 1.807) is 0 Å². The average Bonchev–Trinajstić information content (AvgIpc) is 3.11. The number of amides is 1. The number of nitrogens with zero attached hydrogens (tertiary/aromatic N) is 4. The lowest BCUT2D eigenvalue weighted by molar-refractivity contribution is -0.148. The Morgan fingerprint density at radius 2 is 1.65 bits per heavy atom. The van der Waals surface area contributed by atoms with Gasteiger partial charge in [-0.05, 0) is 24.5 Å². The van der Waals surface area contributed by atoms with Crippen LogP contribution in [0.15, 0.2) is 12.1 Å². The van der Waals surface area contributed by atoms with Gasteiger partial charge in [0.1, 0.15) is 5.82 Å². The van der Waals surface area contributed by atoms with E-state index in [9.17, 15) is 31.1 Å². The van der Waals surface area contributed by atoms with Gasteiger partial charge in [-0.2, -0.15) is 13.2 Å². The van der Waals surface area contributed by atoms with Gasteiger partial charge in [0.05, 0.1) is 12.6 Å². The fraction of sp³-hybridized carbons (Fsp3) is 0.438. The van der Waals surface area contributed by atoms with Gasteiger partial charge in [0.2, 0.25) is 11.7 Å². The van der Waals surface area contributed by atoms with E-state index in [4.69, 9.17) is 25.0 Å². The fourth-order valence-electron chi connectivity index (χ4n) is 2.98. The summed E-state index contributed by atoms with van der Waals surface area (Å²) in [6.07, 6.45) is -4.82. The molecule has 0 bridgehead atoms.